The quantitative estimate of drug-likeness (QED) is 0.833. The third-order valence-corrected chi connectivity index (χ3v) is 3.18. The Labute approximate surface area is 96.2 Å². The van der Waals surface area contributed by atoms with Crippen LogP contribution in [0, 0.1) is 0 Å². The smallest absolute Gasteiger partial charge is 0.125 e. The molecule has 1 aromatic carbocycles. The molecule has 2 rings (SSSR count). The summed E-state index contributed by atoms with van der Waals surface area (Å²) >= 11 is 0. The largest absolute Gasteiger partial charge is 0.368 e. The van der Waals surface area contributed by atoms with Crippen LogP contribution in [0.5, 0.6) is 0 Å². The van der Waals surface area contributed by atoms with E-state index in [2.05, 4.69) is 4.90 Å². The lowest BCUT2D eigenvalue weighted by atomic mass is 9.96. The van der Waals surface area contributed by atoms with E-state index in [9.17, 15) is 4.39 Å². The van der Waals surface area contributed by atoms with Gasteiger partial charge >= 0.3 is 0 Å². The maximum atomic E-state index is 13.9. The van der Waals surface area contributed by atoms with Crippen molar-refractivity contribution in [1.82, 2.24) is 0 Å². The molecule has 1 aliphatic heterocycles. The fraction of sp³-hybridized carbons (Fsp3) is 0.538. The number of rotatable bonds is 2. The average Bonchev–Trinajstić information content (AvgIpc) is 2.28. The predicted octanol–water partition coefficient (Wildman–Crippen LogP) is 2.47. The summed E-state index contributed by atoms with van der Waals surface area (Å²) in [4.78, 5) is 2.11. The molecule has 0 aliphatic carbocycles. The van der Waals surface area contributed by atoms with Crippen LogP contribution in [-0.4, -0.2) is 18.8 Å². The van der Waals surface area contributed by atoms with Crippen LogP contribution in [0.3, 0.4) is 0 Å². The van der Waals surface area contributed by atoms with Crippen molar-refractivity contribution >= 4 is 5.69 Å². The van der Waals surface area contributed by atoms with Gasteiger partial charge in [0.25, 0.3) is 0 Å². The third kappa shape index (κ3) is 2.53. The van der Waals surface area contributed by atoms with E-state index in [1.165, 1.54) is 0 Å². The van der Waals surface area contributed by atoms with Gasteiger partial charge in [0.05, 0.1) is 6.54 Å². The molecule has 3 heteroatoms. The molecule has 1 aromatic rings. The van der Waals surface area contributed by atoms with Gasteiger partial charge in [-0.2, -0.15) is 0 Å². The van der Waals surface area contributed by atoms with Crippen molar-refractivity contribution in [1.29, 1.82) is 0 Å². The first-order valence-corrected chi connectivity index (χ1v) is 5.84. The van der Waals surface area contributed by atoms with Crippen molar-refractivity contribution in [2.24, 2.45) is 5.73 Å². The second-order valence-electron chi connectivity index (χ2n) is 4.81. The van der Waals surface area contributed by atoms with E-state index in [4.69, 9.17) is 5.73 Å². The van der Waals surface area contributed by atoms with Gasteiger partial charge in [-0.25, -0.2) is 4.39 Å². The molecular weight excluding hydrogens is 203 g/mol. The van der Waals surface area contributed by atoms with Crippen molar-refractivity contribution in [3.63, 3.8) is 0 Å². The van der Waals surface area contributed by atoms with E-state index >= 15 is 0 Å². The maximum Gasteiger partial charge on any atom is 0.125 e. The second kappa shape index (κ2) is 4.42. The summed E-state index contributed by atoms with van der Waals surface area (Å²) in [5.41, 5.74) is 6.71. The maximum absolute atomic E-state index is 13.9. The van der Waals surface area contributed by atoms with Gasteiger partial charge in [0.15, 0.2) is 0 Å². The summed E-state index contributed by atoms with van der Waals surface area (Å²) in [6.07, 6.45) is 1.59. The SMILES string of the molecule is CC1(F)CCCN(c2ccc(CN)cc2)C1. The Morgan fingerprint density at radius 1 is 1.38 bits per heavy atom. The highest BCUT2D eigenvalue weighted by molar-refractivity contribution is 5.48. The first-order chi connectivity index (χ1) is 7.61. The zero-order valence-electron chi connectivity index (χ0n) is 9.75. The number of benzene rings is 1. The molecule has 1 unspecified atom stereocenters. The average molecular weight is 222 g/mol. The number of halogens is 1. The minimum Gasteiger partial charge on any atom is -0.368 e. The number of anilines is 1. The summed E-state index contributed by atoms with van der Waals surface area (Å²) in [7, 11) is 0. The molecule has 2 nitrogen and oxygen atoms in total. The fourth-order valence-corrected chi connectivity index (χ4v) is 2.26. The van der Waals surface area contributed by atoms with Crippen LogP contribution in [0.1, 0.15) is 25.3 Å². The summed E-state index contributed by atoms with van der Waals surface area (Å²) in [6.45, 7) is 3.69. The lowest BCUT2D eigenvalue weighted by molar-refractivity contribution is 0.160. The van der Waals surface area contributed by atoms with E-state index in [0.717, 1.165) is 24.2 Å². The molecule has 1 heterocycles. The number of nitrogens with zero attached hydrogens (tertiary/aromatic N) is 1. The van der Waals surface area contributed by atoms with Crippen LogP contribution < -0.4 is 10.6 Å². The molecule has 1 atom stereocenters. The Balaban J connectivity index is 2.11. The molecule has 0 spiro atoms. The van der Waals surface area contributed by atoms with Crippen molar-refractivity contribution in [3.05, 3.63) is 29.8 Å². The van der Waals surface area contributed by atoms with Crippen LogP contribution in [0.15, 0.2) is 24.3 Å². The van der Waals surface area contributed by atoms with E-state index in [1.807, 2.05) is 24.3 Å². The number of piperidine rings is 1. The van der Waals surface area contributed by atoms with Crippen LogP contribution in [0.25, 0.3) is 0 Å². The van der Waals surface area contributed by atoms with Gasteiger partial charge in [-0.1, -0.05) is 12.1 Å². The molecule has 16 heavy (non-hydrogen) atoms. The van der Waals surface area contributed by atoms with E-state index in [1.54, 1.807) is 6.92 Å². The van der Waals surface area contributed by atoms with Gasteiger partial charge in [0, 0.05) is 18.8 Å². The van der Waals surface area contributed by atoms with Crippen molar-refractivity contribution in [2.45, 2.75) is 32.0 Å². The van der Waals surface area contributed by atoms with E-state index < -0.39 is 5.67 Å². The Hall–Kier alpha value is -1.09. The number of hydrogen-bond donors (Lipinski definition) is 1. The van der Waals surface area contributed by atoms with Crippen LogP contribution in [-0.2, 0) is 6.54 Å². The number of hydrogen-bond acceptors (Lipinski definition) is 2. The van der Waals surface area contributed by atoms with Gasteiger partial charge in [-0.05, 0) is 37.5 Å². The molecule has 2 N–H and O–H groups in total. The summed E-state index contributed by atoms with van der Waals surface area (Å²) in [5, 5.41) is 0. The van der Waals surface area contributed by atoms with Gasteiger partial charge < -0.3 is 10.6 Å². The molecule has 0 radical (unpaired) electrons. The van der Waals surface area contributed by atoms with E-state index in [0.29, 0.717) is 19.5 Å². The monoisotopic (exact) mass is 222 g/mol. The molecular formula is C13H19FN2. The van der Waals surface area contributed by atoms with Crippen molar-refractivity contribution in [3.8, 4) is 0 Å². The minimum atomic E-state index is -1.05. The van der Waals surface area contributed by atoms with Gasteiger partial charge in [-0.3, -0.25) is 0 Å². The first-order valence-electron chi connectivity index (χ1n) is 5.84. The standard InChI is InChI=1S/C13H19FN2/c1-13(14)7-2-8-16(10-13)12-5-3-11(9-15)4-6-12/h3-6H,2,7-10,15H2,1H3. The minimum absolute atomic E-state index is 0.495. The molecule has 0 aromatic heterocycles. The highest BCUT2D eigenvalue weighted by atomic mass is 19.1. The Kier molecular flexibility index (Phi) is 3.15. The molecule has 1 aliphatic rings. The summed E-state index contributed by atoms with van der Waals surface area (Å²) in [6, 6.07) is 8.09. The number of nitrogens with two attached hydrogens (primary N) is 1. The van der Waals surface area contributed by atoms with E-state index in [-0.39, 0.29) is 0 Å². The molecule has 1 fully saturated rings. The molecule has 88 valence electrons. The zero-order valence-corrected chi connectivity index (χ0v) is 9.75. The highest BCUT2D eigenvalue weighted by Gasteiger charge is 2.30. The lowest BCUT2D eigenvalue weighted by Gasteiger charge is -2.36. The fourth-order valence-electron chi connectivity index (χ4n) is 2.26. The first kappa shape index (κ1) is 11.4. The van der Waals surface area contributed by atoms with Gasteiger partial charge in [-0.15, -0.1) is 0 Å². The topological polar surface area (TPSA) is 29.3 Å². The zero-order chi connectivity index (χ0) is 11.6. The number of alkyl halides is 1. The summed E-state index contributed by atoms with van der Waals surface area (Å²) in [5.74, 6) is 0. The normalized spacial score (nSPS) is 25.8. The molecule has 0 saturated carbocycles. The van der Waals surface area contributed by atoms with Crippen LogP contribution >= 0.6 is 0 Å². The predicted molar refractivity (Wildman–Crippen MR) is 65.3 cm³/mol. The van der Waals surface area contributed by atoms with Crippen LogP contribution in [0.2, 0.25) is 0 Å². The Bertz CT molecular complexity index is 345. The van der Waals surface area contributed by atoms with Gasteiger partial charge in [0.1, 0.15) is 5.67 Å². The molecule has 0 bridgehead atoms. The highest BCUT2D eigenvalue weighted by Crippen LogP contribution is 2.28. The summed E-state index contributed by atoms with van der Waals surface area (Å²) < 4.78 is 13.9. The lowest BCUT2D eigenvalue weighted by Crippen LogP contribution is -2.43. The van der Waals surface area contributed by atoms with Gasteiger partial charge in [0.2, 0.25) is 0 Å². The second-order valence-corrected chi connectivity index (χ2v) is 4.81. The van der Waals surface area contributed by atoms with Crippen molar-refractivity contribution < 1.29 is 4.39 Å². The Morgan fingerprint density at radius 3 is 2.62 bits per heavy atom. The van der Waals surface area contributed by atoms with Crippen LogP contribution in [0.4, 0.5) is 10.1 Å². The molecule has 1 saturated heterocycles. The van der Waals surface area contributed by atoms with Crippen molar-refractivity contribution in [2.75, 3.05) is 18.0 Å². The molecule has 0 amide bonds. The Morgan fingerprint density at radius 2 is 2.06 bits per heavy atom. The third-order valence-electron chi connectivity index (χ3n) is 3.18.